The first-order valence-corrected chi connectivity index (χ1v) is 7.58. The summed E-state index contributed by atoms with van der Waals surface area (Å²) in [6.45, 7) is 2.09. The van der Waals surface area contributed by atoms with Gasteiger partial charge in [-0.05, 0) is 25.8 Å². The summed E-state index contributed by atoms with van der Waals surface area (Å²) in [5, 5.41) is 15.2. The highest BCUT2D eigenvalue weighted by Crippen LogP contribution is 2.23. The molecular formula is C14H20N2O2S. The van der Waals surface area contributed by atoms with Crippen LogP contribution in [0.15, 0.2) is 11.5 Å². The standard InChI is InChI=1S/C14H20N2O2S/c1-10-15-12(9-19-10)6-7-14(18)16-13-5-3-2-4-11(13)8-17/h6-7,9,11,13,17H,2-5,8H2,1H3,(H,16,18)/b7-6+. The Balaban J connectivity index is 1.88. The SMILES string of the molecule is Cc1nc(/C=C/C(=O)NC2CCCCC2CO)cs1. The number of carbonyl (C=O) groups excluding carboxylic acids is 1. The number of aliphatic hydroxyl groups is 1. The van der Waals surface area contributed by atoms with Gasteiger partial charge in [0.1, 0.15) is 0 Å². The van der Waals surface area contributed by atoms with Crippen LogP contribution in [-0.2, 0) is 4.79 Å². The maximum absolute atomic E-state index is 11.8. The van der Waals surface area contributed by atoms with E-state index < -0.39 is 0 Å². The van der Waals surface area contributed by atoms with Crippen molar-refractivity contribution in [2.24, 2.45) is 5.92 Å². The molecule has 2 atom stereocenters. The topological polar surface area (TPSA) is 62.2 Å². The van der Waals surface area contributed by atoms with Gasteiger partial charge in [0, 0.05) is 30.0 Å². The summed E-state index contributed by atoms with van der Waals surface area (Å²) in [5.74, 6) is 0.101. The number of aliphatic hydroxyl groups excluding tert-OH is 1. The Hall–Kier alpha value is -1.20. The number of aryl methyl sites for hydroxylation is 1. The fourth-order valence-corrected chi connectivity index (χ4v) is 3.05. The van der Waals surface area contributed by atoms with Crippen LogP contribution in [0.4, 0.5) is 0 Å². The first-order chi connectivity index (χ1) is 9.19. The minimum atomic E-state index is -0.101. The van der Waals surface area contributed by atoms with E-state index >= 15 is 0 Å². The smallest absolute Gasteiger partial charge is 0.244 e. The van der Waals surface area contributed by atoms with E-state index in [2.05, 4.69) is 10.3 Å². The second kappa shape index (κ2) is 6.82. The van der Waals surface area contributed by atoms with Crippen LogP contribution in [0.5, 0.6) is 0 Å². The number of aromatic nitrogens is 1. The van der Waals surface area contributed by atoms with Crippen LogP contribution in [0.2, 0.25) is 0 Å². The van der Waals surface area contributed by atoms with Crippen molar-refractivity contribution in [1.29, 1.82) is 0 Å². The van der Waals surface area contributed by atoms with Gasteiger partial charge in [-0.2, -0.15) is 0 Å². The molecule has 19 heavy (non-hydrogen) atoms. The average Bonchev–Trinajstić information content (AvgIpc) is 2.83. The van der Waals surface area contributed by atoms with Crippen molar-refractivity contribution >= 4 is 23.3 Å². The molecule has 0 saturated heterocycles. The molecule has 1 amide bonds. The molecule has 2 N–H and O–H groups in total. The summed E-state index contributed by atoms with van der Waals surface area (Å²) in [6.07, 6.45) is 7.48. The predicted octanol–water partition coefficient (Wildman–Crippen LogP) is 2.13. The van der Waals surface area contributed by atoms with Gasteiger partial charge in [-0.25, -0.2) is 4.98 Å². The number of amides is 1. The Morgan fingerprint density at radius 2 is 2.37 bits per heavy atom. The molecule has 0 radical (unpaired) electrons. The third-order valence-corrected chi connectivity index (χ3v) is 4.31. The fraction of sp³-hybridized carbons (Fsp3) is 0.571. The zero-order valence-electron chi connectivity index (χ0n) is 11.1. The van der Waals surface area contributed by atoms with Gasteiger partial charge < -0.3 is 10.4 Å². The zero-order valence-corrected chi connectivity index (χ0v) is 11.9. The van der Waals surface area contributed by atoms with E-state index in [1.54, 1.807) is 17.4 Å². The fourth-order valence-electron chi connectivity index (χ4n) is 2.46. The lowest BCUT2D eigenvalue weighted by Crippen LogP contribution is -2.42. The van der Waals surface area contributed by atoms with Gasteiger partial charge in [-0.1, -0.05) is 12.8 Å². The largest absolute Gasteiger partial charge is 0.396 e. The number of hydrogen-bond acceptors (Lipinski definition) is 4. The molecule has 4 nitrogen and oxygen atoms in total. The van der Waals surface area contributed by atoms with Gasteiger partial charge in [-0.15, -0.1) is 11.3 Å². The lowest BCUT2D eigenvalue weighted by atomic mass is 9.85. The highest BCUT2D eigenvalue weighted by atomic mass is 32.1. The van der Waals surface area contributed by atoms with E-state index in [4.69, 9.17) is 0 Å². The molecule has 1 aromatic rings. The van der Waals surface area contributed by atoms with E-state index in [1.165, 1.54) is 6.08 Å². The van der Waals surface area contributed by atoms with Crippen molar-refractivity contribution < 1.29 is 9.90 Å². The first kappa shape index (κ1) is 14.2. The van der Waals surface area contributed by atoms with Crippen molar-refractivity contribution in [3.05, 3.63) is 22.2 Å². The zero-order chi connectivity index (χ0) is 13.7. The molecule has 2 rings (SSSR count). The minimum absolute atomic E-state index is 0.101. The Labute approximate surface area is 117 Å². The molecule has 104 valence electrons. The number of thiazole rings is 1. The van der Waals surface area contributed by atoms with Gasteiger partial charge in [0.2, 0.25) is 5.91 Å². The summed E-state index contributed by atoms with van der Waals surface area (Å²) in [5.41, 5.74) is 0.819. The molecule has 0 aromatic carbocycles. The monoisotopic (exact) mass is 280 g/mol. The van der Waals surface area contributed by atoms with Crippen LogP contribution in [0, 0.1) is 12.8 Å². The Kier molecular flexibility index (Phi) is 5.10. The molecule has 0 spiro atoms. The van der Waals surface area contributed by atoms with Crippen LogP contribution in [-0.4, -0.2) is 28.6 Å². The predicted molar refractivity (Wildman–Crippen MR) is 76.9 cm³/mol. The van der Waals surface area contributed by atoms with Gasteiger partial charge >= 0.3 is 0 Å². The Morgan fingerprint density at radius 3 is 3.05 bits per heavy atom. The maximum Gasteiger partial charge on any atom is 0.244 e. The van der Waals surface area contributed by atoms with E-state index in [0.717, 1.165) is 36.4 Å². The van der Waals surface area contributed by atoms with Crippen LogP contribution in [0.1, 0.15) is 36.4 Å². The second-order valence-corrected chi connectivity index (χ2v) is 6.03. The molecule has 1 fully saturated rings. The van der Waals surface area contributed by atoms with Crippen molar-refractivity contribution in [3.8, 4) is 0 Å². The maximum atomic E-state index is 11.8. The summed E-state index contributed by atoms with van der Waals surface area (Å²) in [4.78, 5) is 16.1. The lowest BCUT2D eigenvalue weighted by Gasteiger charge is -2.30. The molecule has 2 unspecified atom stereocenters. The van der Waals surface area contributed by atoms with Crippen molar-refractivity contribution in [2.45, 2.75) is 38.6 Å². The van der Waals surface area contributed by atoms with Gasteiger partial charge in [-0.3, -0.25) is 4.79 Å². The number of nitrogens with one attached hydrogen (secondary N) is 1. The average molecular weight is 280 g/mol. The minimum Gasteiger partial charge on any atom is -0.396 e. The van der Waals surface area contributed by atoms with E-state index in [1.807, 2.05) is 12.3 Å². The van der Waals surface area contributed by atoms with Crippen molar-refractivity contribution in [3.63, 3.8) is 0 Å². The third-order valence-electron chi connectivity index (χ3n) is 3.51. The van der Waals surface area contributed by atoms with Gasteiger partial charge in [0.25, 0.3) is 0 Å². The van der Waals surface area contributed by atoms with E-state index in [9.17, 15) is 9.90 Å². The molecule has 5 heteroatoms. The summed E-state index contributed by atoms with van der Waals surface area (Å²) in [6, 6.07) is 0.105. The molecule has 0 bridgehead atoms. The highest BCUT2D eigenvalue weighted by Gasteiger charge is 2.25. The summed E-state index contributed by atoms with van der Waals surface area (Å²) < 4.78 is 0. The van der Waals surface area contributed by atoms with Crippen LogP contribution in [0.3, 0.4) is 0 Å². The van der Waals surface area contributed by atoms with Crippen LogP contribution < -0.4 is 5.32 Å². The summed E-state index contributed by atoms with van der Waals surface area (Å²) in [7, 11) is 0. The molecule has 1 aliphatic rings. The number of hydrogen-bond donors (Lipinski definition) is 2. The molecule has 1 aromatic heterocycles. The van der Waals surface area contributed by atoms with Gasteiger partial charge in [0.05, 0.1) is 10.7 Å². The van der Waals surface area contributed by atoms with E-state index in [-0.39, 0.29) is 24.5 Å². The lowest BCUT2D eigenvalue weighted by molar-refractivity contribution is -0.117. The first-order valence-electron chi connectivity index (χ1n) is 6.70. The summed E-state index contributed by atoms with van der Waals surface area (Å²) >= 11 is 1.57. The second-order valence-electron chi connectivity index (χ2n) is 4.97. The van der Waals surface area contributed by atoms with Crippen molar-refractivity contribution in [1.82, 2.24) is 10.3 Å². The molecular weight excluding hydrogens is 260 g/mol. The molecule has 1 aliphatic carbocycles. The van der Waals surface area contributed by atoms with Crippen LogP contribution in [0.25, 0.3) is 6.08 Å². The molecule has 1 heterocycles. The van der Waals surface area contributed by atoms with Crippen LogP contribution >= 0.6 is 11.3 Å². The molecule has 0 aliphatic heterocycles. The van der Waals surface area contributed by atoms with E-state index in [0.29, 0.717) is 0 Å². The Morgan fingerprint density at radius 1 is 1.58 bits per heavy atom. The molecule has 1 saturated carbocycles. The van der Waals surface area contributed by atoms with Gasteiger partial charge in [0.15, 0.2) is 0 Å². The quantitative estimate of drug-likeness (QED) is 0.831. The normalized spacial score (nSPS) is 23.7. The Bertz CT molecular complexity index is 456. The highest BCUT2D eigenvalue weighted by molar-refractivity contribution is 7.09. The van der Waals surface area contributed by atoms with Crippen molar-refractivity contribution in [2.75, 3.05) is 6.61 Å². The number of rotatable bonds is 4. The number of nitrogens with zero attached hydrogens (tertiary/aromatic N) is 1. The number of carbonyl (C=O) groups is 1. The third kappa shape index (κ3) is 4.14.